The molecule has 0 aliphatic carbocycles. The van der Waals surface area contributed by atoms with Crippen LogP contribution in [0, 0.1) is 0 Å². The molecule has 1 amide bonds. The van der Waals surface area contributed by atoms with Gasteiger partial charge in [0.2, 0.25) is 5.91 Å². The topological polar surface area (TPSA) is 67.6 Å². The fraction of sp³-hybridized carbons (Fsp3) is 0.588. The standard InChI is InChI=1S/C17H26ClN3O2/c1-2-3-15(19)17(22)20-12-16(21-8-10-23-11-9-21)13-4-6-14(18)7-5-13/h4-7,15-16H,2-3,8-12,19H2,1H3,(H,20,22). The third-order valence-corrected chi connectivity index (χ3v) is 4.40. The van der Waals surface area contributed by atoms with Gasteiger partial charge < -0.3 is 15.8 Å². The Balaban J connectivity index is 2.04. The van der Waals surface area contributed by atoms with Crippen molar-refractivity contribution in [3.63, 3.8) is 0 Å². The average Bonchev–Trinajstić information content (AvgIpc) is 2.57. The number of amides is 1. The summed E-state index contributed by atoms with van der Waals surface area (Å²) in [6.45, 7) is 5.70. The molecule has 2 atom stereocenters. The Bertz CT molecular complexity index is 489. The first-order chi connectivity index (χ1) is 11.1. The fourth-order valence-corrected chi connectivity index (χ4v) is 2.93. The summed E-state index contributed by atoms with van der Waals surface area (Å²) in [7, 11) is 0. The van der Waals surface area contributed by atoms with Crippen LogP contribution in [0.2, 0.25) is 5.02 Å². The second kappa shape index (κ2) is 9.23. The second-order valence-corrected chi connectivity index (χ2v) is 6.29. The molecule has 1 aliphatic rings. The summed E-state index contributed by atoms with van der Waals surface area (Å²) in [5.74, 6) is -0.0842. The molecule has 2 unspecified atom stereocenters. The number of benzene rings is 1. The van der Waals surface area contributed by atoms with Crippen LogP contribution in [0.3, 0.4) is 0 Å². The van der Waals surface area contributed by atoms with Crippen LogP contribution in [-0.4, -0.2) is 49.7 Å². The van der Waals surface area contributed by atoms with E-state index in [2.05, 4.69) is 10.2 Å². The molecule has 3 N–H and O–H groups in total. The van der Waals surface area contributed by atoms with Crippen LogP contribution in [0.15, 0.2) is 24.3 Å². The van der Waals surface area contributed by atoms with Crippen molar-refractivity contribution < 1.29 is 9.53 Å². The molecule has 0 bridgehead atoms. The predicted octanol–water partition coefficient (Wildman–Crippen LogP) is 1.96. The molecule has 1 aromatic rings. The van der Waals surface area contributed by atoms with Crippen molar-refractivity contribution in [2.45, 2.75) is 31.8 Å². The van der Waals surface area contributed by atoms with Crippen molar-refractivity contribution in [2.75, 3.05) is 32.8 Å². The lowest BCUT2D eigenvalue weighted by Gasteiger charge is -2.35. The molecule has 1 saturated heterocycles. The highest BCUT2D eigenvalue weighted by Crippen LogP contribution is 2.23. The lowest BCUT2D eigenvalue weighted by Crippen LogP contribution is -2.47. The first kappa shape index (κ1) is 18.2. The number of hydrogen-bond acceptors (Lipinski definition) is 4. The third-order valence-electron chi connectivity index (χ3n) is 4.15. The molecule has 1 aliphatic heterocycles. The zero-order valence-electron chi connectivity index (χ0n) is 13.6. The number of nitrogens with two attached hydrogens (primary N) is 1. The van der Waals surface area contributed by atoms with E-state index >= 15 is 0 Å². The van der Waals surface area contributed by atoms with E-state index in [1.165, 1.54) is 0 Å². The molecule has 0 radical (unpaired) electrons. The summed E-state index contributed by atoms with van der Waals surface area (Å²) in [4.78, 5) is 14.4. The molecule has 0 aromatic heterocycles. The van der Waals surface area contributed by atoms with Gasteiger partial charge in [0, 0.05) is 24.7 Å². The van der Waals surface area contributed by atoms with Crippen LogP contribution in [0.25, 0.3) is 0 Å². The lowest BCUT2D eigenvalue weighted by molar-refractivity contribution is -0.122. The third kappa shape index (κ3) is 5.46. The summed E-state index contributed by atoms with van der Waals surface area (Å²) in [6, 6.07) is 7.47. The van der Waals surface area contributed by atoms with Crippen molar-refractivity contribution in [2.24, 2.45) is 5.73 Å². The van der Waals surface area contributed by atoms with Crippen LogP contribution in [-0.2, 0) is 9.53 Å². The molecular formula is C17H26ClN3O2. The van der Waals surface area contributed by atoms with Gasteiger partial charge in [-0.2, -0.15) is 0 Å². The van der Waals surface area contributed by atoms with Crippen molar-refractivity contribution in [1.29, 1.82) is 0 Å². The number of carbonyl (C=O) groups is 1. The van der Waals surface area contributed by atoms with E-state index in [1.54, 1.807) is 0 Å². The van der Waals surface area contributed by atoms with E-state index in [0.717, 1.165) is 25.1 Å². The first-order valence-electron chi connectivity index (χ1n) is 8.22. The molecule has 0 spiro atoms. The van der Waals surface area contributed by atoms with Gasteiger partial charge in [-0.15, -0.1) is 0 Å². The Hall–Kier alpha value is -1.14. The molecular weight excluding hydrogens is 314 g/mol. The monoisotopic (exact) mass is 339 g/mol. The van der Waals surface area contributed by atoms with Gasteiger partial charge in [-0.3, -0.25) is 9.69 Å². The zero-order valence-corrected chi connectivity index (χ0v) is 14.4. The van der Waals surface area contributed by atoms with Crippen molar-refractivity contribution in [3.8, 4) is 0 Å². The molecule has 23 heavy (non-hydrogen) atoms. The van der Waals surface area contributed by atoms with Crippen LogP contribution < -0.4 is 11.1 Å². The van der Waals surface area contributed by atoms with Crippen molar-refractivity contribution in [1.82, 2.24) is 10.2 Å². The Labute approximate surface area is 143 Å². The molecule has 5 nitrogen and oxygen atoms in total. The highest BCUT2D eigenvalue weighted by molar-refractivity contribution is 6.30. The number of morpholine rings is 1. The lowest BCUT2D eigenvalue weighted by atomic mass is 10.0. The highest BCUT2D eigenvalue weighted by Gasteiger charge is 2.24. The zero-order chi connectivity index (χ0) is 16.7. The Kier molecular flexibility index (Phi) is 7.30. The van der Waals surface area contributed by atoms with Gasteiger partial charge in [0.15, 0.2) is 0 Å². The fourth-order valence-electron chi connectivity index (χ4n) is 2.80. The van der Waals surface area contributed by atoms with E-state index in [-0.39, 0.29) is 11.9 Å². The van der Waals surface area contributed by atoms with Crippen molar-refractivity contribution in [3.05, 3.63) is 34.9 Å². The van der Waals surface area contributed by atoms with Gasteiger partial charge >= 0.3 is 0 Å². The van der Waals surface area contributed by atoms with E-state index in [0.29, 0.717) is 31.2 Å². The minimum absolute atomic E-state index is 0.0842. The van der Waals surface area contributed by atoms with Crippen LogP contribution in [0.4, 0.5) is 0 Å². The molecule has 1 heterocycles. The van der Waals surface area contributed by atoms with E-state index in [1.807, 2.05) is 31.2 Å². The summed E-state index contributed by atoms with van der Waals surface area (Å²) in [5, 5.41) is 3.71. The predicted molar refractivity (Wildman–Crippen MR) is 92.5 cm³/mol. The first-order valence-corrected chi connectivity index (χ1v) is 8.60. The summed E-state index contributed by atoms with van der Waals surface area (Å²) in [5.41, 5.74) is 7.03. The number of rotatable bonds is 7. The minimum atomic E-state index is -0.435. The number of carbonyl (C=O) groups excluding carboxylic acids is 1. The van der Waals surface area contributed by atoms with Crippen LogP contribution in [0.5, 0.6) is 0 Å². The quantitative estimate of drug-likeness (QED) is 0.797. The largest absolute Gasteiger partial charge is 0.379 e. The van der Waals surface area contributed by atoms with Crippen molar-refractivity contribution >= 4 is 17.5 Å². The summed E-state index contributed by atoms with van der Waals surface area (Å²) >= 11 is 5.99. The van der Waals surface area contributed by atoms with Gasteiger partial charge in [-0.05, 0) is 24.1 Å². The Morgan fingerprint density at radius 1 is 1.35 bits per heavy atom. The maximum atomic E-state index is 12.1. The number of halogens is 1. The van der Waals surface area contributed by atoms with Gasteiger partial charge in [0.1, 0.15) is 0 Å². The van der Waals surface area contributed by atoms with Gasteiger partial charge in [0.05, 0.1) is 25.3 Å². The molecule has 2 rings (SSSR count). The van der Waals surface area contributed by atoms with Gasteiger partial charge in [-0.1, -0.05) is 37.1 Å². The van der Waals surface area contributed by atoms with Crippen LogP contribution in [0.1, 0.15) is 31.4 Å². The van der Waals surface area contributed by atoms with Gasteiger partial charge in [0.25, 0.3) is 0 Å². The number of ether oxygens (including phenoxy) is 1. The number of nitrogens with zero attached hydrogens (tertiary/aromatic N) is 1. The summed E-state index contributed by atoms with van der Waals surface area (Å²) < 4.78 is 5.43. The number of hydrogen-bond donors (Lipinski definition) is 2. The van der Waals surface area contributed by atoms with E-state index in [4.69, 9.17) is 22.1 Å². The molecule has 1 aromatic carbocycles. The normalized spacial score (nSPS) is 18.4. The SMILES string of the molecule is CCCC(N)C(=O)NCC(c1ccc(Cl)cc1)N1CCOCC1. The maximum Gasteiger partial charge on any atom is 0.236 e. The molecule has 0 saturated carbocycles. The molecule has 1 fully saturated rings. The smallest absolute Gasteiger partial charge is 0.236 e. The maximum absolute atomic E-state index is 12.1. The Morgan fingerprint density at radius 3 is 2.61 bits per heavy atom. The average molecular weight is 340 g/mol. The highest BCUT2D eigenvalue weighted by atomic mass is 35.5. The van der Waals surface area contributed by atoms with Gasteiger partial charge in [-0.25, -0.2) is 0 Å². The van der Waals surface area contributed by atoms with Crippen LogP contribution >= 0.6 is 11.6 Å². The van der Waals surface area contributed by atoms with E-state index < -0.39 is 6.04 Å². The second-order valence-electron chi connectivity index (χ2n) is 5.86. The van der Waals surface area contributed by atoms with E-state index in [9.17, 15) is 4.79 Å². The number of nitrogens with one attached hydrogen (secondary N) is 1. The molecule has 128 valence electrons. The minimum Gasteiger partial charge on any atom is -0.379 e. The summed E-state index contributed by atoms with van der Waals surface area (Å²) in [6.07, 6.45) is 1.60. The molecule has 6 heteroatoms. The Morgan fingerprint density at radius 2 is 2.00 bits per heavy atom.